The number of nitrogens with zero attached hydrogens (tertiary/aromatic N) is 2. The van der Waals surface area contributed by atoms with E-state index >= 15 is 0 Å². The third-order valence-electron chi connectivity index (χ3n) is 4.17. The first kappa shape index (κ1) is 18.2. The van der Waals surface area contributed by atoms with E-state index < -0.39 is 17.7 Å². The summed E-state index contributed by atoms with van der Waals surface area (Å²) >= 11 is 0. The third kappa shape index (κ3) is 4.32. The predicted molar refractivity (Wildman–Crippen MR) is 87.0 cm³/mol. The van der Waals surface area contributed by atoms with E-state index in [0.29, 0.717) is 31.6 Å². The van der Waals surface area contributed by atoms with E-state index in [1.807, 2.05) is 4.90 Å². The van der Waals surface area contributed by atoms with Crippen molar-refractivity contribution >= 4 is 5.97 Å². The fraction of sp³-hybridized carbons (Fsp3) is 0.333. The zero-order valence-electron chi connectivity index (χ0n) is 13.7. The van der Waals surface area contributed by atoms with Crippen LogP contribution in [0.15, 0.2) is 42.6 Å². The molecule has 8 heteroatoms. The quantitative estimate of drug-likeness (QED) is 0.878. The molecule has 5 nitrogen and oxygen atoms in total. The molecule has 1 N–H and O–H groups in total. The maximum Gasteiger partial charge on any atom is 0.416 e. The lowest BCUT2D eigenvalue weighted by atomic mass is 10.1. The fourth-order valence-electron chi connectivity index (χ4n) is 2.95. The Balaban J connectivity index is 1.62. The molecule has 26 heavy (non-hydrogen) atoms. The van der Waals surface area contributed by atoms with E-state index in [1.54, 1.807) is 6.07 Å². The molecule has 2 aromatic rings. The monoisotopic (exact) mass is 366 g/mol. The second-order valence-electron chi connectivity index (χ2n) is 6.12. The smallest absolute Gasteiger partial charge is 0.416 e. The number of hydrogen-bond donors (Lipinski definition) is 1. The van der Waals surface area contributed by atoms with Crippen molar-refractivity contribution in [3.8, 4) is 5.88 Å². The van der Waals surface area contributed by atoms with Gasteiger partial charge in [0.15, 0.2) is 0 Å². The van der Waals surface area contributed by atoms with Gasteiger partial charge in [-0.3, -0.25) is 4.90 Å². The Morgan fingerprint density at radius 2 is 2.12 bits per heavy atom. The molecule has 1 unspecified atom stereocenters. The Bertz CT molecular complexity index is 795. The molecule has 1 aliphatic rings. The summed E-state index contributed by atoms with van der Waals surface area (Å²) in [5, 5.41) is 9.16. The summed E-state index contributed by atoms with van der Waals surface area (Å²) in [6, 6.07) is 8.19. The highest BCUT2D eigenvalue weighted by Crippen LogP contribution is 2.30. The van der Waals surface area contributed by atoms with E-state index in [2.05, 4.69) is 4.98 Å². The van der Waals surface area contributed by atoms with Gasteiger partial charge in [-0.05, 0) is 30.2 Å². The zero-order chi connectivity index (χ0) is 18.7. The fourth-order valence-corrected chi connectivity index (χ4v) is 2.95. The number of ether oxygens (including phenoxy) is 1. The first-order valence-corrected chi connectivity index (χ1v) is 8.06. The normalized spacial score (nSPS) is 18.0. The van der Waals surface area contributed by atoms with Crippen molar-refractivity contribution in [1.82, 2.24) is 9.88 Å². The lowest BCUT2D eigenvalue weighted by Crippen LogP contribution is -2.25. The number of rotatable bonds is 5. The molecule has 0 bridgehead atoms. The van der Waals surface area contributed by atoms with E-state index in [4.69, 9.17) is 9.84 Å². The number of aromatic nitrogens is 1. The summed E-state index contributed by atoms with van der Waals surface area (Å²) in [5.41, 5.74) is -0.102. The molecular formula is C18H17F3N2O3. The van der Waals surface area contributed by atoms with Crippen molar-refractivity contribution in [3.05, 3.63) is 59.3 Å². The Hall–Kier alpha value is -2.61. The first-order chi connectivity index (χ1) is 12.3. The molecular weight excluding hydrogens is 349 g/mol. The number of carboxylic acids is 1. The molecule has 1 saturated heterocycles. The molecule has 0 aliphatic carbocycles. The van der Waals surface area contributed by atoms with Crippen molar-refractivity contribution < 1.29 is 27.8 Å². The van der Waals surface area contributed by atoms with Crippen LogP contribution in [0.5, 0.6) is 5.88 Å². The van der Waals surface area contributed by atoms with Gasteiger partial charge in [-0.25, -0.2) is 9.78 Å². The highest BCUT2D eigenvalue weighted by Gasteiger charge is 2.31. The van der Waals surface area contributed by atoms with Crippen molar-refractivity contribution in [2.24, 2.45) is 0 Å². The van der Waals surface area contributed by atoms with Gasteiger partial charge in [0.2, 0.25) is 5.88 Å². The minimum absolute atomic E-state index is 0.0103. The molecule has 1 aromatic heterocycles. The van der Waals surface area contributed by atoms with Crippen LogP contribution in [-0.2, 0) is 12.7 Å². The maximum atomic E-state index is 12.8. The van der Waals surface area contributed by atoms with Crippen LogP contribution in [0.2, 0.25) is 0 Å². The molecule has 1 aliphatic heterocycles. The Kier molecular flexibility index (Phi) is 5.13. The molecule has 0 saturated carbocycles. The maximum absolute atomic E-state index is 12.8. The van der Waals surface area contributed by atoms with Gasteiger partial charge in [0.1, 0.15) is 11.7 Å². The minimum atomic E-state index is -4.36. The Morgan fingerprint density at radius 3 is 2.85 bits per heavy atom. The molecule has 0 amide bonds. The van der Waals surface area contributed by atoms with Crippen molar-refractivity contribution in [2.75, 3.05) is 13.1 Å². The van der Waals surface area contributed by atoms with Crippen LogP contribution in [0.25, 0.3) is 0 Å². The number of benzene rings is 1. The van der Waals surface area contributed by atoms with E-state index in [0.717, 1.165) is 12.1 Å². The van der Waals surface area contributed by atoms with Gasteiger partial charge in [-0.15, -0.1) is 0 Å². The number of hydrogen-bond acceptors (Lipinski definition) is 4. The van der Waals surface area contributed by atoms with Crippen molar-refractivity contribution in [3.63, 3.8) is 0 Å². The molecule has 0 spiro atoms. The number of halogens is 3. The highest BCUT2D eigenvalue weighted by molar-refractivity contribution is 5.90. The molecule has 1 atom stereocenters. The van der Waals surface area contributed by atoms with Gasteiger partial charge in [0, 0.05) is 25.8 Å². The molecule has 1 fully saturated rings. The topological polar surface area (TPSA) is 62.7 Å². The molecule has 1 aromatic carbocycles. The summed E-state index contributed by atoms with van der Waals surface area (Å²) in [4.78, 5) is 17.1. The molecule has 3 rings (SSSR count). The predicted octanol–water partition coefficient (Wildman–Crippen LogP) is 3.45. The number of aromatic carboxylic acids is 1. The molecule has 2 heterocycles. The summed E-state index contributed by atoms with van der Waals surface area (Å²) in [6.45, 7) is 1.51. The van der Waals surface area contributed by atoms with Crippen LogP contribution in [0.1, 0.15) is 27.9 Å². The highest BCUT2D eigenvalue weighted by atomic mass is 19.4. The van der Waals surface area contributed by atoms with Crippen LogP contribution < -0.4 is 4.74 Å². The van der Waals surface area contributed by atoms with Crippen molar-refractivity contribution in [1.29, 1.82) is 0 Å². The minimum Gasteiger partial charge on any atom is -0.477 e. The van der Waals surface area contributed by atoms with Crippen LogP contribution in [0.3, 0.4) is 0 Å². The summed E-state index contributed by atoms with van der Waals surface area (Å²) in [5.74, 6) is -1.06. The standard InChI is InChI=1S/C18H17F3N2O3/c19-18(20,21)13-4-1-3-12(9-13)10-23-8-6-14(11-23)26-16-15(17(24)25)5-2-7-22-16/h1-5,7,9,14H,6,8,10-11H2,(H,24,25). The second kappa shape index (κ2) is 7.33. The van der Waals surface area contributed by atoms with Gasteiger partial charge >= 0.3 is 12.1 Å². The zero-order valence-corrected chi connectivity index (χ0v) is 13.7. The molecule has 138 valence electrons. The number of alkyl halides is 3. The summed E-state index contributed by atoms with van der Waals surface area (Å²) in [7, 11) is 0. The second-order valence-corrected chi connectivity index (χ2v) is 6.12. The van der Waals surface area contributed by atoms with Crippen LogP contribution >= 0.6 is 0 Å². The number of carboxylic acid groups (broad SMARTS) is 1. The van der Waals surface area contributed by atoms with Gasteiger partial charge < -0.3 is 9.84 Å². The van der Waals surface area contributed by atoms with E-state index in [-0.39, 0.29) is 17.5 Å². The van der Waals surface area contributed by atoms with Gasteiger partial charge in [-0.2, -0.15) is 13.2 Å². The van der Waals surface area contributed by atoms with E-state index in [1.165, 1.54) is 24.4 Å². The van der Waals surface area contributed by atoms with Gasteiger partial charge in [0.05, 0.1) is 5.56 Å². The van der Waals surface area contributed by atoms with Gasteiger partial charge in [0.25, 0.3) is 0 Å². The van der Waals surface area contributed by atoms with E-state index in [9.17, 15) is 18.0 Å². The average molecular weight is 366 g/mol. The lowest BCUT2D eigenvalue weighted by molar-refractivity contribution is -0.137. The average Bonchev–Trinajstić information content (AvgIpc) is 3.01. The Morgan fingerprint density at radius 1 is 1.31 bits per heavy atom. The SMILES string of the molecule is O=C(O)c1cccnc1OC1CCN(Cc2cccc(C(F)(F)F)c2)C1. The Labute approximate surface area is 148 Å². The van der Waals surface area contributed by atoms with Crippen LogP contribution in [-0.4, -0.2) is 40.2 Å². The van der Waals surface area contributed by atoms with Crippen molar-refractivity contribution in [2.45, 2.75) is 25.2 Å². The molecule has 0 radical (unpaired) electrons. The summed E-state index contributed by atoms with van der Waals surface area (Å²) in [6.07, 6.45) is -2.52. The number of pyridine rings is 1. The third-order valence-corrected chi connectivity index (χ3v) is 4.17. The van der Waals surface area contributed by atoms with Gasteiger partial charge in [-0.1, -0.05) is 18.2 Å². The van der Waals surface area contributed by atoms with Crippen LogP contribution in [0.4, 0.5) is 13.2 Å². The largest absolute Gasteiger partial charge is 0.477 e. The van der Waals surface area contributed by atoms with Crippen LogP contribution in [0, 0.1) is 0 Å². The summed E-state index contributed by atoms with van der Waals surface area (Å²) < 4.78 is 44.1. The number of likely N-dealkylation sites (tertiary alicyclic amines) is 1. The number of carbonyl (C=O) groups is 1. The first-order valence-electron chi connectivity index (χ1n) is 8.06. The lowest BCUT2D eigenvalue weighted by Gasteiger charge is -2.18.